The summed E-state index contributed by atoms with van der Waals surface area (Å²) < 4.78 is 27.8. The molecule has 2 N–H and O–H groups in total. The van der Waals surface area contributed by atoms with E-state index in [1.807, 2.05) is 24.3 Å². The molecule has 6 rings (SSSR count). The molecule has 3 aromatic rings. The number of nitrogens with one attached hydrogen (secondary N) is 2. The molecule has 3 aliphatic rings. The third-order valence-electron chi connectivity index (χ3n) is 8.15. The molecule has 10 nitrogen and oxygen atoms in total. The van der Waals surface area contributed by atoms with E-state index in [9.17, 15) is 22.8 Å². The molecule has 1 aromatic heterocycles. The van der Waals surface area contributed by atoms with Crippen LogP contribution in [-0.4, -0.2) is 60.1 Å². The van der Waals surface area contributed by atoms with Crippen molar-refractivity contribution < 1.29 is 22.8 Å². The molecule has 0 spiro atoms. The van der Waals surface area contributed by atoms with Crippen LogP contribution in [0.3, 0.4) is 0 Å². The Labute approximate surface area is 238 Å². The Balaban J connectivity index is 1.04. The molecule has 1 unspecified atom stereocenters. The van der Waals surface area contributed by atoms with Crippen LogP contribution in [0.2, 0.25) is 0 Å². The molecule has 11 heteroatoms. The Morgan fingerprint density at radius 2 is 1.73 bits per heavy atom. The predicted molar refractivity (Wildman–Crippen MR) is 151 cm³/mol. The highest BCUT2D eigenvalue weighted by molar-refractivity contribution is 7.92. The van der Waals surface area contributed by atoms with Crippen LogP contribution in [0, 0.1) is 0 Å². The molecule has 3 amide bonds. The van der Waals surface area contributed by atoms with Crippen LogP contribution in [0.15, 0.2) is 71.8 Å². The van der Waals surface area contributed by atoms with Gasteiger partial charge in [-0.2, -0.15) is 0 Å². The zero-order valence-corrected chi connectivity index (χ0v) is 23.3. The fourth-order valence-corrected chi connectivity index (χ4v) is 6.93. The minimum Gasteiger partial charge on any atom is -0.322 e. The Morgan fingerprint density at radius 3 is 2.44 bits per heavy atom. The standard InChI is InChI=1S/C30H31N5O5S/c36-28-11-10-26(29(37)32-28)35-19-23-17-22(6-9-25(23)30(35)38)21-12-15-34(16-13-21)18-20-4-7-24(8-5-20)41(39,40)33-27-3-1-2-14-31-27/h1-9,14,17,21,26H,10-13,15-16,18-19H2,(H,31,33)(H,32,36,37). The highest BCUT2D eigenvalue weighted by Crippen LogP contribution is 2.34. The van der Waals surface area contributed by atoms with Crippen LogP contribution in [0.25, 0.3) is 0 Å². The van der Waals surface area contributed by atoms with Crippen molar-refractivity contribution in [1.29, 1.82) is 0 Å². The van der Waals surface area contributed by atoms with Gasteiger partial charge in [-0.25, -0.2) is 13.4 Å². The summed E-state index contributed by atoms with van der Waals surface area (Å²) >= 11 is 0. The highest BCUT2D eigenvalue weighted by Gasteiger charge is 2.39. The number of hydrogen-bond donors (Lipinski definition) is 2. The topological polar surface area (TPSA) is 129 Å². The number of sulfonamides is 1. The summed E-state index contributed by atoms with van der Waals surface area (Å²) in [6, 6.07) is 17.4. The van der Waals surface area contributed by atoms with Gasteiger partial charge in [-0.05, 0) is 85.3 Å². The summed E-state index contributed by atoms with van der Waals surface area (Å²) in [6.07, 6.45) is 4.09. The summed E-state index contributed by atoms with van der Waals surface area (Å²) in [6.45, 7) is 2.94. The number of pyridine rings is 1. The first-order valence-corrected chi connectivity index (χ1v) is 15.3. The molecule has 0 aliphatic carbocycles. The van der Waals surface area contributed by atoms with Crippen LogP contribution in [-0.2, 0) is 32.7 Å². The van der Waals surface area contributed by atoms with E-state index < -0.39 is 22.0 Å². The average molecular weight is 574 g/mol. The van der Waals surface area contributed by atoms with Gasteiger partial charge in [0.1, 0.15) is 11.9 Å². The molecule has 2 saturated heterocycles. The van der Waals surface area contributed by atoms with Crippen LogP contribution < -0.4 is 10.0 Å². The fourth-order valence-electron chi connectivity index (χ4n) is 5.92. The van der Waals surface area contributed by atoms with E-state index in [-0.39, 0.29) is 28.9 Å². The van der Waals surface area contributed by atoms with Gasteiger partial charge in [0.15, 0.2) is 0 Å². The maximum atomic E-state index is 13.0. The number of aromatic nitrogens is 1. The van der Waals surface area contributed by atoms with Gasteiger partial charge in [0.05, 0.1) is 4.90 Å². The molecular weight excluding hydrogens is 542 g/mol. The zero-order valence-electron chi connectivity index (χ0n) is 22.5. The summed E-state index contributed by atoms with van der Waals surface area (Å²) in [5.74, 6) is -0.180. The number of rotatable bonds is 7. The number of amides is 3. The summed E-state index contributed by atoms with van der Waals surface area (Å²) in [4.78, 5) is 45.0. The number of fused-ring (bicyclic) bond motifs is 1. The summed E-state index contributed by atoms with van der Waals surface area (Å²) in [5, 5.41) is 2.35. The molecule has 0 saturated carbocycles. The van der Waals surface area contributed by atoms with Crippen LogP contribution in [0.4, 0.5) is 5.82 Å². The van der Waals surface area contributed by atoms with E-state index in [0.717, 1.165) is 43.6 Å². The number of carbonyl (C=O) groups is 3. The average Bonchev–Trinajstić information content (AvgIpc) is 3.29. The Morgan fingerprint density at radius 1 is 0.951 bits per heavy atom. The van der Waals surface area contributed by atoms with E-state index in [2.05, 4.69) is 26.0 Å². The van der Waals surface area contributed by atoms with Gasteiger partial charge < -0.3 is 4.90 Å². The van der Waals surface area contributed by atoms with Crippen molar-refractivity contribution in [2.24, 2.45) is 0 Å². The van der Waals surface area contributed by atoms with Crippen LogP contribution in [0.1, 0.15) is 58.6 Å². The predicted octanol–water partition coefficient (Wildman–Crippen LogP) is 3.02. The monoisotopic (exact) mass is 573 g/mol. The fraction of sp³-hybridized carbons (Fsp3) is 0.333. The number of anilines is 1. The van der Waals surface area contributed by atoms with E-state index in [1.54, 1.807) is 35.2 Å². The van der Waals surface area contributed by atoms with E-state index >= 15 is 0 Å². The molecule has 41 heavy (non-hydrogen) atoms. The lowest BCUT2D eigenvalue weighted by molar-refractivity contribution is -0.136. The maximum absolute atomic E-state index is 13.0. The summed E-state index contributed by atoms with van der Waals surface area (Å²) in [5.41, 5.74) is 3.82. The van der Waals surface area contributed by atoms with E-state index in [0.29, 0.717) is 24.4 Å². The highest BCUT2D eigenvalue weighted by atomic mass is 32.2. The molecule has 2 aromatic carbocycles. The number of benzene rings is 2. The van der Waals surface area contributed by atoms with Crippen molar-refractivity contribution >= 4 is 33.6 Å². The largest absolute Gasteiger partial charge is 0.322 e. The van der Waals surface area contributed by atoms with Gasteiger partial charge in [-0.3, -0.25) is 29.3 Å². The molecule has 2 fully saturated rings. The normalized spacial score (nSPS) is 20.1. The van der Waals surface area contributed by atoms with Crippen molar-refractivity contribution in [2.75, 3.05) is 17.8 Å². The first-order chi connectivity index (χ1) is 19.8. The third kappa shape index (κ3) is 5.73. The first-order valence-electron chi connectivity index (χ1n) is 13.8. The lowest BCUT2D eigenvalue weighted by Crippen LogP contribution is -2.52. The van der Waals surface area contributed by atoms with Crippen LogP contribution >= 0.6 is 0 Å². The number of likely N-dealkylation sites (tertiary alicyclic amines) is 1. The van der Waals surface area contributed by atoms with Crippen molar-refractivity contribution in [2.45, 2.75) is 55.6 Å². The van der Waals surface area contributed by atoms with Crippen molar-refractivity contribution in [3.8, 4) is 0 Å². The van der Waals surface area contributed by atoms with Crippen molar-refractivity contribution in [3.63, 3.8) is 0 Å². The van der Waals surface area contributed by atoms with Crippen molar-refractivity contribution in [1.82, 2.24) is 20.1 Å². The van der Waals surface area contributed by atoms with Gasteiger partial charge in [0.2, 0.25) is 11.8 Å². The molecule has 0 bridgehead atoms. The van der Waals surface area contributed by atoms with Crippen LogP contribution in [0.5, 0.6) is 0 Å². The second-order valence-electron chi connectivity index (χ2n) is 10.8. The number of imide groups is 1. The molecule has 4 heterocycles. The number of nitrogens with zero attached hydrogens (tertiary/aromatic N) is 3. The van der Waals surface area contributed by atoms with Gasteiger partial charge in [-0.15, -0.1) is 0 Å². The van der Waals surface area contributed by atoms with Gasteiger partial charge in [-0.1, -0.05) is 30.3 Å². The smallest absolute Gasteiger partial charge is 0.263 e. The number of hydrogen-bond acceptors (Lipinski definition) is 7. The quantitative estimate of drug-likeness (QED) is 0.416. The maximum Gasteiger partial charge on any atom is 0.263 e. The lowest BCUT2D eigenvalue weighted by atomic mass is 9.87. The first kappa shape index (κ1) is 27.1. The van der Waals surface area contributed by atoms with Gasteiger partial charge in [0.25, 0.3) is 15.9 Å². The summed E-state index contributed by atoms with van der Waals surface area (Å²) in [7, 11) is -3.71. The number of carbonyl (C=O) groups excluding carboxylic acids is 3. The third-order valence-corrected chi connectivity index (χ3v) is 9.52. The SMILES string of the molecule is O=C1CCC(N2Cc3cc(C4CCN(Cc5ccc(S(=O)(=O)Nc6ccccn6)cc5)CC4)ccc3C2=O)C(=O)N1. The Bertz CT molecular complexity index is 1590. The second kappa shape index (κ2) is 11.1. The van der Waals surface area contributed by atoms with E-state index in [1.165, 1.54) is 11.8 Å². The van der Waals surface area contributed by atoms with Gasteiger partial charge >= 0.3 is 0 Å². The molecular formula is C30H31N5O5S. The minimum atomic E-state index is -3.71. The van der Waals surface area contributed by atoms with Crippen molar-refractivity contribution in [3.05, 3.63) is 89.1 Å². The Hall–Kier alpha value is -4.09. The molecule has 0 radical (unpaired) electrons. The van der Waals surface area contributed by atoms with Gasteiger partial charge in [0, 0.05) is 31.3 Å². The molecule has 1 atom stereocenters. The molecule has 3 aliphatic heterocycles. The number of piperidine rings is 2. The second-order valence-corrected chi connectivity index (χ2v) is 12.5. The zero-order chi connectivity index (χ0) is 28.6. The van der Waals surface area contributed by atoms with E-state index in [4.69, 9.17) is 0 Å². The lowest BCUT2D eigenvalue weighted by Gasteiger charge is -2.32. The Kier molecular flexibility index (Phi) is 7.31. The minimum absolute atomic E-state index is 0.151. The molecule has 212 valence electrons.